The topological polar surface area (TPSA) is 63.4 Å². The number of halogens is 2. The Kier molecular flexibility index (Phi) is 6.29. The summed E-state index contributed by atoms with van der Waals surface area (Å²) >= 11 is 6.13. The van der Waals surface area contributed by atoms with Crippen LogP contribution in [0.1, 0.15) is 40.5 Å². The van der Waals surface area contributed by atoms with Crippen LogP contribution in [0.4, 0.5) is 4.39 Å². The first-order valence-corrected chi connectivity index (χ1v) is 9.44. The molecule has 6 heteroatoms. The van der Waals surface area contributed by atoms with E-state index >= 15 is 0 Å². The number of rotatable bonds is 6. The number of hydrogen-bond donors (Lipinski definition) is 1. The molecule has 2 N–H and O–H groups in total. The van der Waals surface area contributed by atoms with Gasteiger partial charge < -0.3 is 10.6 Å². The molecule has 0 saturated carbocycles. The molecule has 0 bridgehead atoms. The van der Waals surface area contributed by atoms with Crippen molar-refractivity contribution in [2.75, 3.05) is 0 Å². The van der Waals surface area contributed by atoms with Gasteiger partial charge in [0, 0.05) is 10.6 Å². The van der Waals surface area contributed by atoms with E-state index < -0.39 is 23.8 Å². The number of carbonyl (C=O) groups excluding carboxylic acids is 2. The molecule has 0 fully saturated rings. The van der Waals surface area contributed by atoms with Crippen LogP contribution >= 0.6 is 11.6 Å². The standard InChI is InChI=1S/C23H20ClFN2O2/c1-15(18-8-5-9-19(24)14-18)27(23(29)17-6-3-2-4-7-17)21(22(26)28)16-10-12-20(25)13-11-16/h2-15,21H,1H3,(H2,26,28)/t15-,21-/m1/s1. The highest BCUT2D eigenvalue weighted by Crippen LogP contribution is 2.33. The van der Waals surface area contributed by atoms with Crippen LogP contribution in [-0.2, 0) is 4.79 Å². The summed E-state index contributed by atoms with van der Waals surface area (Å²) in [5.74, 6) is -1.53. The molecule has 4 nitrogen and oxygen atoms in total. The summed E-state index contributed by atoms with van der Waals surface area (Å²) in [5, 5.41) is 0.513. The molecule has 0 aliphatic rings. The van der Waals surface area contributed by atoms with Gasteiger partial charge in [0.15, 0.2) is 0 Å². The van der Waals surface area contributed by atoms with Crippen LogP contribution in [0.15, 0.2) is 78.9 Å². The van der Waals surface area contributed by atoms with Crippen molar-refractivity contribution in [2.24, 2.45) is 5.73 Å². The third kappa shape index (κ3) is 4.63. The predicted molar refractivity (Wildman–Crippen MR) is 111 cm³/mol. The highest BCUT2D eigenvalue weighted by Gasteiger charge is 2.34. The number of nitrogens with two attached hydrogens (primary N) is 1. The van der Waals surface area contributed by atoms with E-state index in [1.54, 1.807) is 55.5 Å². The number of benzene rings is 3. The molecule has 0 aliphatic heterocycles. The molecule has 0 heterocycles. The van der Waals surface area contributed by atoms with E-state index in [1.165, 1.54) is 29.2 Å². The lowest BCUT2D eigenvalue weighted by molar-refractivity contribution is -0.123. The fraction of sp³-hybridized carbons (Fsp3) is 0.130. The average Bonchev–Trinajstić information content (AvgIpc) is 2.72. The maximum Gasteiger partial charge on any atom is 0.255 e. The fourth-order valence-corrected chi connectivity index (χ4v) is 3.48. The Bertz CT molecular complexity index is 1010. The lowest BCUT2D eigenvalue weighted by Gasteiger charge is -2.35. The van der Waals surface area contributed by atoms with Gasteiger partial charge in [-0.15, -0.1) is 0 Å². The molecular formula is C23H20ClFN2O2. The Morgan fingerprint density at radius 2 is 1.59 bits per heavy atom. The molecule has 3 aromatic rings. The van der Waals surface area contributed by atoms with Gasteiger partial charge in [0.05, 0.1) is 6.04 Å². The second-order valence-corrected chi connectivity index (χ2v) is 7.10. The third-order valence-corrected chi connectivity index (χ3v) is 4.97. The zero-order valence-corrected chi connectivity index (χ0v) is 16.5. The Labute approximate surface area is 173 Å². The lowest BCUT2D eigenvalue weighted by Crippen LogP contribution is -2.43. The van der Waals surface area contributed by atoms with Crippen LogP contribution in [0.2, 0.25) is 5.02 Å². The van der Waals surface area contributed by atoms with Crippen molar-refractivity contribution in [3.63, 3.8) is 0 Å². The molecule has 0 unspecified atom stereocenters. The van der Waals surface area contributed by atoms with E-state index in [9.17, 15) is 14.0 Å². The molecule has 29 heavy (non-hydrogen) atoms. The number of hydrogen-bond acceptors (Lipinski definition) is 2. The highest BCUT2D eigenvalue weighted by molar-refractivity contribution is 6.30. The van der Waals surface area contributed by atoms with Crippen LogP contribution in [0.25, 0.3) is 0 Å². The van der Waals surface area contributed by atoms with Crippen molar-refractivity contribution in [3.8, 4) is 0 Å². The third-order valence-electron chi connectivity index (χ3n) is 4.74. The maximum atomic E-state index is 13.4. The van der Waals surface area contributed by atoms with E-state index in [2.05, 4.69) is 0 Å². The van der Waals surface area contributed by atoms with E-state index in [0.717, 1.165) is 5.56 Å². The van der Waals surface area contributed by atoms with Crippen molar-refractivity contribution in [1.29, 1.82) is 0 Å². The number of carbonyl (C=O) groups is 2. The Morgan fingerprint density at radius 3 is 2.17 bits per heavy atom. The van der Waals surface area contributed by atoms with Crippen LogP contribution in [0.5, 0.6) is 0 Å². The summed E-state index contributed by atoms with van der Waals surface area (Å²) in [5.41, 5.74) is 7.30. The number of primary amides is 1. The highest BCUT2D eigenvalue weighted by atomic mass is 35.5. The minimum atomic E-state index is -1.09. The van der Waals surface area contributed by atoms with Crippen LogP contribution in [-0.4, -0.2) is 16.7 Å². The summed E-state index contributed by atoms with van der Waals surface area (Å²) < 4.78 is 13.4. The van der Waals surface area contributed by atoms with Crippen LogP contribution in [0, 0.1) is 5.82 Å². The van der Waals surface area contributed by atoms with E-state index in [4.69, 9.17) is 17.3 Å². The van der Waals surface area contributed by atoms with Crippen molar-refractivity contribution in [2.45, 2.75) is 19.0 Å². The largest absolute Gasteiger partial charge is 0.368 e. The normalized spacial score (nSPS) is 12.8. The number of amides is 2. The zero-order valence-electron chi connectivity index (χ0n) is 15.8. The summed E-state index contributed by atoms with van der Waals surface area (Å²) in [6.45, 7) is 1.80. The molecule has 148 valence electrons. The van der Waals surface area contributed by atoms with E-state index in [1.807, 2.05) is 6.07 Å². The molecule has 2 amide bonds. The molecule has 3 aromatic carbocycles. The van der Waals surface area contributed by atoms with Crippen LogP contribution < -0.4 is 5.73 Å². The smallest absolute Gasteiger partial charge is 0.255 e. The average molecular weight is 411 g/mol. The summed E-state index contributed by atoms with van der Waals surface area (Å²) in [6.07, 6.45) is 0. The van der Waals surface area contributed by atoms with Crippen LogP contribution in [0.3, 0.4) is 0 Å². The first-order chi connectivity index (χ1) is 13.9. The Morgan fingerprint density at radius 1 is 0.931 bits per heavy atom. The van der Waals surface area contributed by atoms with E-state index in [0.29, 0.717) is 16.1 Å². The molecule has 0 spiro atoms. The van der Waals surface area contributed by atoms with Gasteiger partial charge in [0.1, 0.15) is 11.9 Å². The summed E-state index contributed by atoms with van der Waals surface area (Å²) in [6, 6.07) is 19.5. The molecular weight excluding hydrogens is 391 g/mol. The minimum absolute atomic E-state index is 0.369. The van der Waals surface area contributed by atoms with Gasteiger partial charge >= 0.3 is 0 Å². The van der Waals surface area contributed by atoms with Crippen molar-refractivity contribution in [3.05, 3.63) is 106 Å². The Balaban J connectivity index is 2.13. The quantitative estimate of drug-likeness (QED) is 0.627. The van der Waals surface area contributed by atoms with Crippen molar-refractivity contribution in [1.82, 2.24) is 4.90 Å². The maximum absolute atomic E-state index is 13.4. The molecule has 0 radical (unpaired) electrons. The molecule has 0 saturated heterocycles. The molecule has 0 aliphatic carbocycles. The summed E-state index contributed by atoms with van der Waals surface area (Å²) in [7, 11) is 0. The van der Waals surface area contributed by atoms with Gasteiger partial charge in [-0.25, -0.2) is 4.39 Å². The van der Waals surface area contributed by atoms with Gasteiger partial charge in [-0.2, -0.15) is 0 Å². The second kappa shape index (κ2) is 8.88. The van der Waals surface area contributed by atoms with Crippen molar-refractivity contribution < 1.29 is 14.0 Å². The molecule has 2 atom stereocenters. The molecule has 0 aromatic heterocycles. The van der Waals surface area contributed by atoms with E-state index in [-0.39, 0.29) is 5.91 Å². The SMILES string of the molecule is C[C@H](c1cccc(Cl)c1)N(C(=O)c1ccccc1)[C@@H](C(N)=O)c1ccc(F)cc1. The number of nitrogens with zero attached hydrogens (tertiary/aromatic N) is 1. The van der Waals surface area contributed by atoms with Crippen molar-refractivity contribution >= 4 is 23.4 Å². The summed E-state index contributed by atoms with van der Waals surface area (Å²) in [4.78, 5) is 27.3. The molecule has 3 rings (SSSR count). The predicted octanol–water partition coefficient (Wildman–Crippen LogP) is 4.91. The van der Waals surface area contributed by atoms with Gasteiger partial charge in [0.25, 0.3) is 5.91 Å². The first-order valence-electron chi connectivity index (χ1n) is 9.06. The zero-order chi connectivity index (χ0) is 21.0. The van der Waals surface area contributed by atoms with Gasteiger partial charge in [-0.05, 0) is 54.4 Å². The monoisotopic (exact) mass is 410 g/mol. The second-order valence-electron chi connectivity index (χ2n) is 6.67. The lowest BCUT2D eigenvalue weighted by atomic mass is 9.98. The first kappa shape index (κ1) is 20.6. The van der Waals surface area contributed by atoms with Gasteiger partial charge in [-0.1, -0.05) is 54.1 Å². The van der Waals surface area contributed by atoms with Gasteiger partial charge in [-0.3, -0.25) is 9.59 Å². The Hall–Kier alpha value is -3.18. The van der Waals surface area contributed by atoms with Gasteiger partial charge in [0.2, 0.25) is 5.91 Å². The fourth-order valence-electron chi connectivity index (χ4n) is 3.28. The minimum Gasteiger partial charge on any atom is -0.368 e.